The van der Waals surface area contributed by atoms with Crippen molar-refractivity contribution in [2.45, 2.75) is 57.3 Å². The molecule has 29 heavy (non-hydrogen) atoms. The van der Waals surface area contributed by atoms with Crippen LogP contribution in [0.5, 0.6) is 0 Å². The number of nitrogens with one attached hydrogen (secondary N) is 1. The van der Waals surface area contributed by atoms with Crippen molar-refractivity contribution in [3.05, 3.63) is 35.4 Å². The molecule has 1 atom stereocenters. The molecule has 0 saturated carbocycles. The number of amides is 2. The number of likely N-dealkylation sites (tertiary alicyclic amines) is 1. The smallest absolute Gasteiger partial charge is 0.368 e. The maximum Gasteiger partial charge on any atom is 0.416 e. The molecule has 0 unspecified atom stereocenters. The number of hydrogen-bond acceptors (Lipinski definition) is 3. The fourth-order valence-electron chi connectivity index (χ4n) is 3.90. The molecule has 3 rings (SSSR count). The van der Waals surface area contributed by atoms with Crippen LogP contribution in [-0.2, 0) is 27.0 Å². The standard InChI is InChI=1S/C21H27F3N2O3/c22-21(23,24)17-4-1-3-16(13-17)14-25-19(27)7-6-15-8-10-26(11-9-15)20(28)18-5-2-12-29-18/h1,3-4,13,15,18H,2,5-12,14H2,(H,25,27)/t18-/m0/s1. The highest BCUT2D eigenvalue weighted by Crippen LogP contribution is 2.29. The second kappa shape index (κ2) is 9.61. The lowest BCUT2D eigenvalue weighted by atomic mass is 9.91. The van der Waals surface area contributed by atoms with Gasteiger partial charge in [-0.05, 0) is 55.7 Å². The second-order valence-corrected chi connectivity index (χ2v) is 7.78. The van der Waals surface area contributed by atoms with E-state index in [1.54, 1.807) is 6.07 Å². The van der Waals surface area contributed by atoms with Crippen LogP contribution in [0.25, 0.3) is 0 Å². The molecule has 2 fully saturated rings. The quantitative estimate of drug-likeness (QED) is 0.778. The van der Waals surface area contributed by atoms with Crippen molar-refractivity contribution in [3.63, 3.8) is 0 Å². The van der Waals surface area contributed by atoms with E-state index in [0.29, 0.717) is 37.6 Å². The summed E-state index contributed by atoms with van der Waals surface area (Å²) in [6, 6.07) is 4.98. The van der Waals surface area contributed by atoms with Gasteiger partial charge in [-0.15, -0.1) is 0 Å². The van der Waals surface area contributed by atoms with Crippen LogP contribution in [0.15, 0.2) is 24.3 Å². The first-order valence-electron chi connectivity index (χ1n) is 10.2. The molecule has 0 bridgehead atoms. The van der Waals surface area contributed by atoms with Gasteiger partial charge in [0.15, 0.2) is 0 Å². The predicted octanol–water partition coefficient (Wildman–Crippen LogP) is 3.52. The third-order valence-electron chi connectivity index (χ3n) is 5.65. The molecule has 8 heteroatoms. The SMILES string of the molecule is O=C(CCC1CCN(C(=O)[C@@H]2CCCO2)CC1)NCc1cccc(C(F)(F)F)c1. The van der Waals surface area contributed by atoms with Gasteiger partial charge in [0.05, 0.1) is 5.56 Å². The van der Waals surface area contributed by atoms with Gasteiger partial charge in [0.25, 0.3) is 5.91 Å². The molecular weight excluding hydrogens is 385 g/mol. The van der Waals surface area contributed by atoms with Crippen molar-refractivity contribution in [1.82, 2.24) is 10.2 Å². The summed E-state index contributed by atoms with van der Waals surface area (Å²) < 4.78 is 43.7. The van der Waals surface area contributed by atoms with Crippen LogP contribution in [0.2, 0.25) is 0 Å². The number of rotatable bonds is 6. The minimum absolute atomic E-state index is 0.0804. The molecule has 1 aromatic rings. The largest absolute Gasteiger partial charge is 0.416 e. The number of halogens is 3. The van der Waals surface area contributed by atoms with Gasteiger partial charge in [-0.3, -0.25) is 9.59 Å². The lowest BCUT2D eigenvalue weighted by Crippen LogP contribution is -2.43. The van der Waals surface area contributed by atoms with E-state index in [4.69, 9.17) is 4.74 Å². The molecule has 5 nitrogen and oxygen atoms in total. The molecule has 2 aliphatic heterocycles. The summed E-state index contributed by atoms with van der Waals surface area (Å²) in [5.74, 6) is 0.294. The fraction of sp³-hybridized carbons (Fsp3) is 0.619. The van der Waals surface area contributed by atoms with Gasteiger partial charge in [0.1, 0.15) is 6.10 Å². The molecular formula is C21H27F3N2O3. The zero-order chi connectivity index (χ0) is 20.9. The Bertz CT molecular complexity index is 709. The summed E-state index contributed by atoms with van der Waals surface area (Å²) in [6.07, 6.45) is -0.167. The van der Waals surface area contributed by atoms with Crippen LogP contribution < -0.4 is 5.32 Å². The first kappa shape index (κ1) is 21.6. The summed E-state index contributed by atoms with van der Waals surface area (Å²) in [5, 5.41) is 2.69. The van der Waals surface area contributed by atoms with Gasteiger partial charge >= 0.3 is 6.18 Å². The van der Waals surface area contributed by atoms with E-state index in [2.05, 4.69) is 5.32 Å². The van der Waals surface area contributed by atoms with Crippen LogP contribution in [-0.4, -0.2) is 42.5 Å². The van der Waals surface area contributed by atoms with E-state index in [9.17, 15) is 22.8 Å². The summed E-state index contributed by atoms with van der Waals surface area (Å²) in [4.78, 5) is 26.3. The van der Waals surface area contributed by atoms with Gasteiger partial charge in [-0.25, -0.2) is 0 Å². The Hall–Kier alpha value is -2.09. The van der Waals surface area contributed by atoms with Crippen molar-refractivity contribution in [2.24, 2.45) is 5.92 Å². The average Bonchev–Trinajstić information content (AvgIpc) is 3.25. The molecule has 2 aliphatic rings. The summed E-state index contributed by atoms with van der Waals surface area (Å²) >= 11 is 0. The zero-order valence-corrected chi connectivity index (χ0v) is 16.3. The molecule has 2 saturated heterocycles. The van der Waals surface area contributed by atoms with Gasteiger partial charge in [0.2, 0.25) is 5.91 Å². The van der Waals surface area contributed by atoms with E-state index in [0.717, 1.165) is 44.2 Å². The summed E-state index contributed by atoms with van der Waals surface area (Å²) in [7, 11) is 0. The van der Waals surface area contributed by atoms with Crippen molar-refractivity contribution >= 4 is 11.8 Å². The maximum atomic E-state index is 12.7. The Kier molecular flexibility index (Phi) is 7.16. The molecule has 1 aromatic carbocycles. The highest BCUT2D eigenvalue weighted by atomic mass is 19.4. The van der Waals surface area contributed by atoms with Crippen molar-refractivity contribution < 1.29 is 27.5 Å². The minimum Gasteiger partial charge on any atom is -0.368 e. The Morgan fingerprint density at radius 3 is 2.59 bits per heavy atom. The third kappa shape index (κ3) is 6.19. The zero-order valence-electron chi connectivity index (χ0n) is 16.3. The van der Waals surface area contributed by atoms with Gasteiger partial charge < -0.3 is 15.0 Å². The molecule has 2 amide bonds. The number of carbonyl (C=O) groups is 2. The summed E-state index contributed by atoms with van der Waals surface area (Å²) in [5.41, 5.74) is -0.289. The molecule has 2 heterocycles. The van der Waals surface area contributed by atoms with E-state index in [1.807, 2.05) is 4.90 Å². The van der Waals surface area contributed by atoms with Crippen molar-refractivity contribution in [3.8, 4) is 0 Å². The predicted molar refractivity (Wildman–Crippen MR) is 101 cm³/mol. The number of alkyl halides is 3. The molecule has 160 valence electrons. The maximum absolute atomic E-state index is 12.7. The van der Waals surface area contributed by atoms with E-state index >= 15 is 0 Å². The van der Waals surface area contributed by atoms with E-state index in [1.165, 1.54) is 6.07 Å². The topological polar surface area (TPSA) is 58.6 Å². The molecule has 0 spiro atoms. The van der Waals surface area contributed by atoms with E-state index < -0.39 is 11.7 Å². The number of benzene rings is 1. The van der Waals surface area contributed by atoms with E-state index in [-0.39, 0.29) is 24.5 Å². The molecule has 0 aliphatic carbocycles. The molecule has 0 radical (unpaired) electrons. The lowest BCUT2D eigenvalue weighted by Gasteiger charge is -2.33. The first-order valence-corrected chi connectivity index (χ1v) is 10.2. The number of hydrogen-bond donors (Lipinski definition) is 1. The average molecular weight is 412 g/mol. The minimum atomic E-state index is -4.39. The first-order chi connectivity index (χ1) is 13.8. The summed E-state index contributed by atoms with van der Waals surface area (Å²) in [6.45, 7) is 2.12. The van der Waals surface area contributed by atoms with Crippen LogP contribution >= 0.6 is 0 Å². The van der Waals surface area contributed by atoms with Gasteiger partial charge in [-0.2, -0.15) is 13.2 Å². The highest BCUT2D eigenvalue weighted by molar-refractivity contribution is 5.81. The van der Waals surface area contributed by atoms with Crippen LogP contribution in [0.1, 0.15) is 49.7 Å². The molecule has 1 N–H and O–H groups in total. The van der Waals surface area contributed by atoms with Crippen LogP contribution in [0.4, 0.5) is 13.2 Å². The van der Waals surface area contributed by atoms with Crippen LogP contribution in [0, 0.1) is 5.92 Å². The highest BCUT2D eigenvalue weighted by Gasteiger charge is 2.31. The fourth-order valence-corrected chi connectivity index (χ4v) is 3.90. The Balaban J connectivity index is 1.36. The van der Waals surface area contributed by atoms with Gasteiger partial charge in [-0.1, -0.05) is 12.1 Å². The number of nitrogens with zero attached hydrogens (tertiary/aromatic N) is 1. The molecule has 0 aromatic heterocycles. The third-order valence-corrected chi connectivity index (χ3v) is 5.65. The van der Waals surface area contributed by atoms with Crippen molar-refractivity contribution in [2.75, 3.05) is 19.7 Å². The Morgan fingerprint density at radius 2 is 1.93 bits per heavy atom. The second-order valence-electron chi connectivity index (χ2n) is 7.78. The number of ether oxygens (including phenoxy) is 1. The normalized spacial score (nSPS) is 20.7. The Morgan fingerprint density at radius 1 is 1.17 bits per heavy atom. The number of carbonyl (C=O) groups excluding carboxylic acids is 2. The lowest BCUT2D eigenvalue weighted by molar-refractivity contribution is -0.142. The van der Waals surface area contributed by atoms with Gasteiger partial charge in [0, 0.05) is 32.7 Å². The monoisotopic (exact) mass is 412 g/mol. The van der Waals surface area contributed by atoms with Crippen molar-refractivity contribution in [1.29, 1.82) is 0 Å². The number of piperidine rings is 1. The van der Waals surface area contributed by atoms with Crippen LogP contribution in [0.3, 0.4) is 0 Å². The Labute approximate surface area is 168 Å².